The van der Waals surface area contributed by atoms with Crippen molar-refractivity contribution in [3.05, 3.63) is 29.3 Å². The second-order valence-corrected chi connectivity index (χ2v) is 8.22. The Bertz CT molecular complexity index is 745. The lowest BCUT2D eigenvalue weighted by atomic mass is 9.95. The molecule has 1 aromatic rings. The number of carbonyl (C=O) groups is 3. The number of amides is 3. The quantitative estimate of drug-likeness (QED) is 0.780. The van der Waals surface area contributed by atoms with E-state index in [0.717, 1.165) is 50.2 Å². The second kappa shape index (κ2) is 7.60. The van der Waals surface area contributed by atoms with Gasteiger partial charge in [0.2, 0.25) is 11.8 Å². The second-order valence-electron chi connectivity index (χ2n) is 7.78. The van der Waals surface area contributed by atoms with Gasteiger partial charge in [-0.05, 0) is 49.9 Å². The molecule has 3 saturated heterocycles. The highest BCUT2D eigenvalue weighted by molar-refractivity contribution is 6.30. The van der Waals surface area contributed by atoms with Crippen LogP contribution in [0.25, 0.3) is 0 Å². The van der Waals surface area contributed by atoms with E-state index in [-0.39, 0.29) is 36.1 Å². The Hall–Kier alpha value is -1.92. The molecule has 0 bridgehead atoms. The molecule has 1 unspecified atom stereocenters. The number of rotatable bonds is 3. The summed E-state index contributed by atoms with van der Waals surface area (Å²) in [6.45, 7) is 3.20. The fourth-order valence-electron chi connectivity index (χ4n) is 4.63. The van der Waals surface area contributed by atoms with Crippen molar-refractivity contribution < 1.29 is 19.3 Å². The number of halogens is 1. The maximum Gasteiger partial charge on any atom is 0.292 e. The van der Waals surface area contributed by atoms with Crippen molar-refractivity contribution in [1.29, 1.82) is 0 Å². The van der Waals surface area contributed by atoms with Gasteiger partial charge in [0.15, 0.2) is 6.04 Å². The molecular weight excluding hydrogens is 366 g/mol. The first-order chi connectivity index (χ1) is 13.0. The predicted octanol–water partition coefficient (Wildman–Crippen LogP) is 0.889. The van der Waals surface area contributed by atoms with Crippen LogP contribution in [-0.2, 0) is 14.4 Å². The zero-order valence-corrected chi connectivity index (χ0v) is 16.1. The largest absolute Gasteiger partial charge is 0.342 e. The summed E-state index contributed by atoms with van der Waals surface area (Å²) in [6.07, 6.45) is 4.18. The molecule has 0 saturated carbocycles. The number of anilines is 1. The molecule has 144 valence electrons. The van der Waals surface area contributed by atoms with Crippen molar-refractivity contribution in [3.63, 3.8) is 0 Å². The van der Waals surface area contributed by atoms with Crippen molar-refractivity contribution >= 4 is 35.0 Å². The van der Waals surface area contributed by atoms with Gasteiger partial charge in [-0.2, -0.15) is 0 Å². The molecule has 27 heavy (non-hydrogen) atoms. The molecule has 7 heteroatoms. The van der Waals surface area contributed by atoms with Crippen molar-refractivity contribution in [1.82, 2.24) is 4.90 Å². The highest BCUT2D eigenvalue weighted by Gasteiger charge is 2.47. The van der Waals surface area contributed by atoms with Crippen LogP contribution in [0.4, 0.5) is 5.69 Å². The number of hydrogen-bond acceptors (Lipinski definition) is 3. The van der Waals surface area contributed by atoms with Gasteiger partial charge >= 0.3 is 0 Å². The van der Waals surface area contributed by atoms with E-state index in [4.69, 9.17) is 11.6 Å². The normalized spacial score (nSPS) is 28.9. The third-order valence-corrected chi connectivity index (χ3v) is 6.30. The van der Waals surface area contributed by atoms with Crippen molar-refractivity contribution in [2.45, 2.75) is 38.1 Å². The van der Waals surface area contributed by atoms with E-state index >= 15 is 0 Å². The van der Waals surface area contributed by atoms with E-state index in [1.807, 2.05) is 4.90 Å². The van der Waals surface area contributed by atoms with Crippen LogP contribution >= 0.6 is 11.6 Å². The highest BCUT2D eigenvalue weighted by atomic mass is 35.5. The molecule has 1 N–H and O–H groups in total. The van der Waals surface area contributed by atoms with E-state index in [9.17, 15) is 14.4 Å². The van der Waals surface area contributed by atoms with E-state index < -0.39 is 0 Å². The molecule has 3 aliphatic rings. The van der Waals surface area contributed by atoms with Gasteiger partial charge in [-0.25, -0.2) is 4.90 Å². The molecule has 3 aliphatic heterocycles. The minimum Gasteiger partial charge on any atom is -0.342 e. The average molecular weight is 391 g/mol. The van der Waals surface area contributed by atoms with Crippen LogP contribution < -0.4 is 9.80 Å². The van der Waals surface area contributed by atoms with Gasteiger partial charge in [0.05, 0.1) is 31.1 Å². The van der Waals surface area contributed by atoms with Gasteiger partial charge in [0, 0.05) is 18.1 Å². The Labute approximate surface area is 164 Å². The number of hydrogen-bond donors (Lipinski definition) is 1. The molecule has 0 aromatic heterocycles. The molecule has 0 aliphatic carbocycles. The van der Waals surface area contributed by atoms with Gasteiger partial charge in [0.25, 0.3) is 5.91 Å². The first-order valence-electron chi connectivity index (χ1n) is 9.80. The number of likely N-dealkylation sites (tertiary alicyclic amines) is 2. The SMILES string of the molecule is O=C([C@H]1CCC[NH+]([C@H]2CC(=O)N(c3ccc(Cl)cc3)C2=O)C1)N1CCCC1. The summed E-state index contributed by atoms with van der Waals surface area (Å²) in [5.74, 6) is -0.130. The highest BCUT2D eigenvalue weighted by Crippen LogP contribution is 2.24. The predicted molar refractivity (Wildman–Crippen MR) is 102 cm³/mol. The van der Waals surface area contributed by atoms with Crippen LogP contribution in [0, 0.1) is 5.92 Å². The van der Waals surface area contributed by atoms with Gasteiger partial charge in [0.1, 0.15) is 0 Å². The maximum atomic E-state index is 13.0. The summed E-state index contributed by atoms with van der Waals surface area (Å²) in [5, 5.41) is 0.569. The Morgan fingerprint density at radius 1 is 1.07 bits per heavy atom. The summed E-state index contributed by atoms with van der Waals surface area (Å²) in [5.41, 5.74) is 0.568. The molecule has 3 atom stereocenters. The third kappa shape index (κ3) is 3.60. The summed E-state index contributed by atoms with van der Waals surface area (Å²) in [7, 11) is 0. The number of carbonyl (C=O) groups excluding carboxylic acids is 3. The van der Waals surface area contributed by atoms with E-state index in [1.165, 1.54) is 4.90 Å². The van der Waals surface area contributed by atoms with E-state index in [2.05, 4.69) is 0 Å². The summed E-state index contributed by atoms with van der Waals surface area (Å²) < 4.78 is 0. The smallest absolute Gasteiger partial charge is 0.292 e. The number of quaternary nitrogens is 1. The topological polar surface area (TPSA) is 62.1 Å². The van der Waals surface area contributed by atoms with Crippen molar-refractivity contribution in [2.75, 3.05) is 31.1 Å². The fraction of sp³-hybridized carbons (Fsp3) is 0.550. The Morgan fingerprint density at radius 2 is 1.78 bits per heavy atom. The van der Waals surface area contributed by atoms with Crippen LogP contribution in [0.2, 0.25) is 5.02 Å². The number of piperidine rings is 1. The Balaban J connectivity index is 1.46. The molecular formula is C20H25ClN3O3+. The van der Waals surface area contributed by atoms with Crippen LogP contribution in [0.1, 0.15) is 32.1 Å². The van der Waals surface area contributed by atoms with Crippen molar-refractivity contribution in [2.24, 2.45) is 5.92 Å². The molecule has 3 heterocycles. The Morgan fingerprint density at radius 3 is 2.48 bits per heavy atom. The standard InChI is InChI=1S/C20H24ClN3O3/c21-15-5-7-16(8-6-15)24-18(25)12-17(20(24)27)23-11-3-4-14(13-23)19(26)22-9-1-2-10-22/h5-8,14,17H,1-4,9-13H2/p+1/t14-,17-/m0/s1. The van der Waals surface area contributed by atoms with Gasteiger partial charge in [-0.15, -0.1) is 0 Å². The van der Waals surface area contributed by atoms with Crippen LogP contribution in [0.15, 0.2) is 24.3 Å². The number of imide groups is 1. The summed E-state index contributed by atoms with van der Waals surface area (Å²) in [4.78, 5) is 42.6. The first-order valence-corrected chi connectivity index (χ1v) is 10.2. The molecule has 0 spiro atoms. The van der Waals surface area contributed by atoms with Crippen LogP contribution in [0.3, 0.4) is 0 Å². The van der Waals surface area contributed by atoms with Gasteiger partial charge in [-0.3, -0.25) is 14.4 Å². The minimum atomic E-state index is -0.387. The lowest BCUT2D eigenvalue weighted by Crippen LogP contribution is -3.18. The summed E-state index contributed by atoms with van der Waals surface area (Å²) in [6, 6.07) is 6.38. The van der Waals surface area contributed by atoms with Crippen LogP contribution in [0.5, 0.6) is 0 Å². The van der Waals surface area contributed by atoms with Gasteiger partial charge in [-0.1, -0.05) is 11.6 Å². The molecule has 6 nitrogen and oxygen atoms in total. The zero-order valence-electron chi connectivity index (χ0n) is 15.3. The molecule has 3 fully saturated rings. The molecule has 1 aromatic carbocycles. The molecule has 4 rings (SSSR count). The number of nitrogens with one attached hydrogen (secondary N) is 1. The van der Waals surface area contributed by atoms with Crippen molar-refractivity contribution in [3.8, 4) is 0 Å². The third-order valence-electron chi connectivity index (χ3n) is 6.05. The Kier molecular flexibility index (Phi) is 5.19. The minimum absolute atomic E-state index is 0.0284. The van der Waals surface area contributed by atoms with Gasteiger partial charge < -0.3 is 9.80 Å². The number of benzene rings is 1. The summed E-state index contributed by atoms with van der Waals surface area (Å²) >= 11 is 5.91. The fourth-order valence-corrected chi connectivity index (χ4v) is 4.76. The molecule has 0 radical (unpaired) electrons. The zero-order chi connectivity index (χ0) is 19.0. The number of nitrogens with zero attached hydrogens (tertiary/aromatic N) is 2. The van der Waals surface area contributed by atoms with Crippen LogP contribution in [-0.4, -0.2) is 54.8 Å². The molecule has 3 amide bonds. The van der Waals surface area contributed by atoms with E-state index in [1.54, 1.807) is 24.3 Å². The monoisotopic (exact) mass is 390 g/mol. The van der Waals surface area contributed by atoms with E-state index in [0.29, 0.717) is 17.3 Å². The first kappa shape index (κ1) is 18.4. The maximum absolute atomic E-state index is 13.0. The lowest BCUT2D eigenvalue weighted by Gasteiger charge is -2.33. The lowest BCUT2D eigenvalue weighted by molar-refractivity contribution is -0.922. The average Bonchev–Trinajstić information content (AvgIpc) is 3.31.